The summed E-state index contributed by atoms with van der Waals surface area (Å²) >= 11 is 5.06. The molecule has 0 atom stereocenters. The van der Waals surface area contributed by atoms with Crippen LogP contribution in [0.3, 0.4) is 0 Å². The number of ether oxygens (including phenoxy) is 1. The SMILES string of the molecule is CCOCCN(C)C(=O)C(CC)(CC)C(N)=S. The molecule has 0 bridgehead atoms. The standard InChI is InChI=1S/C12H24N2O2S/c1-5-12(6-2,10(13)17)11(15)14(4)8-9-16-7-3/h5-9H2,1-4H3,(H2,13,17). The molecule has 1 amide bonds. The predicted molar refractivity (Wildman–Crippen MR) is 73.9 cm³/mol. The second-order valence-electron chi connectivity index (χ2n) is 4.08. The van der Waals surface area contributed by atoms with Crippen molar-refractivity contribution in [2.75, 3.05) is 26.8 Å². The van der Waals surface area contributed by atoms with E-state index in [1.807, 2.05) is 20.8 Å². The highest BCUT2D eigenvalue weighted by Crippen LogP contribution is 2.29. The van der Waals surface area contributed by atoms with Gasteiger partial charge < -0.3 is 15.4 Å². The lowest BCUT2D eigenvalue weighted by Crippen LogP contribution is -2.49. The Bertz CT molecular complexity index is 265. The van der Waals surface area contributed by atoms with Gasteiger partial charge in [-0.3, -0.25) is 4.79 Å². The Hall–Kier alpha value is -0.680. The highest BCUT2D eigenvalue weighted by molar-refractivity contribution is 7.80. The second-order valence-corrected chi connectivity index (χ2v) is 4.52. The summed E-state index contributed by atoms with van der Waals surface area (Å²) in [4.78, 5) is 14.3. The Balaban J connectivity index is 4.67. The normalized spacial score (nSPS) is 11.3. The van der Waals surface area contributed by atoms with Gasteiger partial charge in [-0.1, -0.05) is 26.1 Å². The fourth-order valence-electron chi connectivity index (χ4n) is 1.82. The van der Waals surface area contributed by atoms with E-state index in [9.17, 15) is 4.79 Å². The Labute approximate surface area is 109 Å². The topological polar surface area (TPSA) is 55.6 Å². The van der Waals surface area contributed by atoms with Crippen molar-refractivity contribution in [3.8, 4) is 0 Å². The number of nitrogens with two attached hydrogens (primary N) is 1. The van der Waals surface area contributed by atoms with Crippen LogP contribution < -0.4 is 5.73 Å². The number of likely N-dealkylation sites (N-methyl/N-ethyl adjacent to an activating group) is 1. The fraction of sp³-hybridized carbons (Fsp3) is 0.833. The van der Waals surface area contributed by atoms with E-state index in [0.717, 1.165) is 0 Å². The molecule has 0 spiro atoms. The van der Waals surface area contributed by atoms with Crippen LogP contribution in [0.15, 0.2) is 0 Å². The minimum Gasteiger partial charge on any atom is -0.392 e. The number of hydrogen-bond acceptors (Lipinski definition) is 3. The van der Waals surface area contributed by atoms with Gasteiger partial charge in [-0.15, -0.1) is 0 Å². The first-order valence-corrected chi connectivity index (χ1v) is 6.50. The molecule has 0 radical (unpaired) electrons. The zero-order valence-electron chi connectivity index (χ0n) is 11.3. The maximum atomic E-state index is 12.4. The molecular weight excluding hydrogens is 236 g/mol. The summed E-state index contributed by atoms with van der Waals surface area (Å²) in [7, 11) is 1.76. The quantitative estimate of drug-likeness (QED) is 0.532. The molecular formula is C12H24N2O2S. The van der Waals surface area contributed by atoms with E-state index in [-0.39, 0.29) is 10.9 Å². The minimum absolute atomic E-state index is 0.00490. The van der Waals surface area contributed by atoms with Gasteiger partial charge in [0.15, 0.2) is 0 Å². The molecule has 0 aromatic carbocycles. The van der Waals surface area contributed by atoms with E-state index >= 15 is 0 Å². The van der Waals surface area contributed by atoms with E-state index < -0.39 is 5.41 Å². The lowest BCUT2D eigenvalue weighted by molar-refractivity contribution is -0.138. The van der Waals surface area contributed by atoms with E-state index in [1.165, 1.54) is 0 Å². The van der Waals surface area contributed by atoms with Crippen LogP contribution in [0, 0.1) is 5.41 Å². The van der Waals surface area contributed by atoms with E-state index in [0.29, 0.717) is 32.6 Å². The first-order valence-electron chi connectivity index (χ1n) is 6.09. The van der Waals surface area contributed by atoms with Crippen LogP contribution in [0.1, 0.15) is 33.6 Å². The summed E-state index contributed by atoms with van der Waals surface area (Å²) in [6.07, 6.45) is 1.27. The lowest BCUT2D eigenvalue weighted by atomic mass is 9.81. The van der Waals surface area contributed by atoms with Gasteiger partial charge in [-0.05, 0) is 19.8 Å². The van der Waals surface area contributed by atoms with Crippen LogP contribution in [-0.4, -0.2) is 42.6 Å². The smallest absolute Gasteiger partial charge is 0.235 e. The molecule has 0 aliphatic carbocycles. The summed E-state index contributed by atoms with van der Waals surface area (Å²) in [5.74, 6) is -0.00490. The van der Waals surface area contributed by atoms with Gasteiger partial charge in [0.25, 0.3) is 0 Å². The number of amides is 1. The summed E-state index contributed by atoms with van der Waals surface area (Å²) in [5.41, 5.74) is 5.04. The third-order valence-corrected chi connectivity index (χ3v) is 3.60. The van der Waals surface area contributed by atoms with Crippen LogP contribution in [0.5, 0.6) is 0 Å². The number of nitrogens with zero attached hydrogens (tertiary/aromatic N) is 1. The van der Waals surface area contributed by atoms with Gasteiger partial charge >= 0.3 is 0 Å². The molecule has 0 saturated heterocycles. The van der Waals surface area contributed by atoms with Gasteiger partial charge in [0, 0.05) is 20.2 Å². The van der Waals surface area contributed by atoms with Crippen LogP contribution in [0.2, 0.25) is 0 Å². The molecule has 0 aliphatic rings. The lowest BCUT2D eigenvalue weighted by Gasteiger charge is -2.33. The highest BCUT2D eigenvalue weighted by Gasteiger charge is 2.39. The summed E-state index contributed by atoms with van der Waals surface area (Å²) in [6, 6.07) is 0. The van der Waals surface area contributed by atoms with Crippen LogP contribution >= 0.6 is 12.2 Å². The van der Waals surface area contributed by atoms with Gasteiger partial charge in [0.1, 0.15) is 0 Å². The van der Waals surface area contributed by atoms with Gasteiger partial charge in [-0.25, -0.2) is 0 Å². The van der Waals surface area contributed by atoms with Crippen molar-refractivity contribution in [2.45, 2.75) is 33.6 Å². The first kappa shape index (κ1) is 16.3. The maximum absolute atomic E-state index is 12.4. The molecule has 0 saturated carbocycles. The summed E-state index contributed by atoms with van der Waals surface area (Å²) in [6.45, 7) is 7.58. The average Bonchev–Trinajstić information content (AvgIpc) is 2.30. The Morgan fingerprint density at radius 2 is 1.88 bits per heavy atom. The van der Waals surface area contributed by atoms with E-state index in [4.69, 9.17) is 22.7 Å². The summed E-state index contributed by atoms with van der Waals surface area (Å²) in [5, 5.41) is 0. The van der Waals surface area contributed by atoms with E-state index in [1.54, 1.807) is 11.9 Å². The van der Waals surface area contributed by atoms with Crippen molar-refractivity contribution in [3.63, 3.8) is 0 Å². The monoisotopic (exact) mass is 260 g/mol. The molecule has 17 heavy (non-hydrogen) atoms. The molecule has 100 valence electrons. The highest BCUT2D eigenvalue weighted by atomic mass is 32.1. The predicted octanol–water partition coefficient (Wildman–Crippen LogP) is 1.57. The Morgan fingerprint density at radius 3 is 2.24 bits per heavy atom. The first-order chi connectivity index (χ1) is 7.96. The second kappa shape index (κ2) is 7.61. The molecule has 0 unspecified atom stereocenters. The van der Waals surface area contributed by atoms with Crippen molar-refractivity contribution >= 4 is 23.1 Å². The molecule has 5 heteroatoms. The van der Waals surface area contributed by atoms with Crippen LogP contribution in [-0.2, 0) is 9.53 Å². The third kappa shape index (κ3) is 3.92. The summed E-state index contributed by atoms with van der Waals surface area (Å²) < 4.78 is 5.24. The zero-order valence-corrected chi connectivity index (χ0v) is 12.1. The molecule has 0 fully saturated rings. The molecule has 4 nitrogen and oxygen atoms in total. The van der Waals surface area contributed by atoms with Crippen molar-refractivity contribution in [3.05, 3.63) is 0 Å². The average molecular weight is 260 g/mol. The van der Waals surface area contributed by atoms with Crippen LogP contribution in [0.25, 0.3) is 0 Å². The minimum atomic E-state index is -0.698. The Kier molecular flexibility index (Phi) is 7.30. The molecule has 2 N–H and O–H groups in total. The van der Waals surface area contributed by atoms with Gasteiger partial charge in [-0.2, -0.15) is 0 Å². The van der Waals surface area contributed by atoms with Crippen molar-refractivity contribution in [2.24, 2.45) is 11.1 Å². The number of carbonyl (C=O) groups excluding carboxylic acids is 1. The third-order valence-electron chi connectivity index (χ3n) is 3.21. The Morgan fingerprint density at radius 1 is 1.35 bits per heavy atom. The molecule has 0 rings (SSSR count). The number of hydrogen-bond donors (Lipinski definition) is 1. The number of thiocarbonyl (C=S) groups is 1. The number of rotatable bonds is 8. The maximum Gasteiger partial charge on any atom is 0.235 e. The largest absolute Gasteiger partial charge is 0.392 e. The number of carbonyl (C=O) groups is 1. The van der Waals surface area contributed by atoms with E-state index in [2.05, 4.69) is 0 Å². The molecule has 0 aliphatic heterocycles. The molecule has 0 aromatic heterocycles. The van der Waals surface area contributed by atoms with Gasteiger partial charge in [0.2, 0.25) is 5.91 Å². The van der Waals surface area contributed by atoms with Gasteiger partial charge in [0.05, 0.1) is 17.0 Å². The zero-order chi connectivity index (χ0) is 13.5. The van der Waals surface area contributed by atoms with Crippen molar-refractivity contribution in [1.29, 1.82) is 0 Å². The van der Waals surface area contributed by atoms with Crippen LogP contribution in [0.4, 0.5) is 0 Å². The fourth-order valence-corrected chi connectivity index (χ4v) is 2.20. The molecule has 0 heterocycles. The van der Waals surface area contributed by atoms with Crippen molar-refractivity contribution < 1.29 is 9.53 Å². The van der Waals surface area contributed by atoms with Crippen molar-refractivity contribution in [1.82, 2.24) is 4.90 Å². The molecule has 0 aromatic rings.